The Morgan fingerprint density at radius 3 is 1.92 bits per heavy atom. The van der Waals surface area contributed by atoms with E-state index < -0.39 is 17.3 Å². The largest absolute Gasteiger partial charge is 0.416 e. The van der Waals surface area contributed by atoms with Gasteiger partial charge in [0.2, 0.25) is 0 Å². The van der Waals surface area contributed by atoms with Gasteiger partial charge in [-0.3, -0.25) is 0 Å². The van der Waals surface area contributed by atoms with Gasteiger partial charge in [0.15, 0.2) is 0 Å². The average molecular weight is 429 g/mol. The first kappa shape index (κ1) is 21.0. The van der Waals surface area contributed by atoms with Crippen molar-refractivity contribution in [3.05, 3.63) is 71.3 Å². The Bertz CT molecular complexity index is 638. The average Bonchev–Trinajstić information content (AvgIpc) is 2.69. The van der Waals surface area contributed by atoms with Crippen LogP contribution in [0.1, 0.15) is 48.8 Å². The second-order valence-electron chi connectivity index (χ2n) is 6.42. The maximum atomic E-state index is 12.8. The van der Waals surface area contributed by atoms with Gasteiger partial charge in [-0.15, -0.1) is 0 Å². The van der Waals surface area contributed by atoms with Gasteiger partial charge < -0.3 is 4.74 Å². The molecule has 0 aromatic heterocycles. The molecular formula is C21H24BrF3O. The summed E-state index contributed by atoms with van der Waals surface area (Å²) in [4.78, 5) is 0. The fourth-order valence-electron chi connectivity index (χ4n) is 3.42. The number of hydrogen-bond donors (Lipinski definition) is 0. The third-order valence-electron chi connectivity index (χ3n) is 4.79. The minimum atomic E-state index is -4.30. The van der Waals surface area contributed by atoms with E-state index in [4.69, 9.17) is 4.74 Å². The summed E-state index contributed by atoms with van der Waals surface area (Å²) >= 11 is 3.31. The molecule has 3 rings (SSSR count). The summed E-state index contributed by atoms with van der Waals surface area (Å²) in [6.07, 6.45) is 0.703. The molecule has 0 heterocycles. The van der Waals surface area contributed by atoms with Gasteiger partial charge in [-0.25, -0.2) is 0 Å². The third-order valence-corrected chi connectivity index (χ3v) is 5.39. The molecule has 0 aliphatic heterocycles. The van der Waals surface area contributed by atoms with Crippen LogP contribution in [-0.4, -0.2) is 7.11 Å². The van der Waals surface area contributed by atoms with Crippen molar-refractivity contribution in [2.24, 2.45) is 0 Å². The second-order valence-corrected chi connectivity index (χ2v) is 6.98. The van der Waals surface area contributed by atoms with Gasteiger partial charge in [0, 0.05) is 12.4 Å². The zero-order valence-electron chi connectivity index (χ0n) is 14.9. The van der Waals surface area contributed by atoms with Gasteiger partial charge in [0.05, 0.1) is 11.2 Å². The normalized spacial score (nSPS) is 16.5. The smallest absolute Gasteiger partial charge is 0.374 e. The highest BCUT2D eigenvalue weighted by Gasteiger charge is 2.37. The van der Waals surface area contributed by atoms with Crippen molar-refractivity contribution in [1.29, 1.82) is 0 Å². The SMILES string of the molecule is COC1(c2ccc(C(F)(F)F)cc2CBr)CCCCC1.c1ccccc1. The van der Waals surface area contributed by atoms with Crippen LogP contribution in [0.5, 0.6) is 0 Å². The minimum Gasteiger partial charge on any atom is -0.374 e. The molecule has 0 atom stereocenters. The van der Waals surface area contributed by atoms with Crippen LogP contribution in [0.4, 0.5) is 13.2 Å². The lowest BCUT2D eigenvalue weighted by Crippen LogP contribution is -2.32. The predicted octanol–water partition coefficient (Wildman–Crippen LogP) is 7.09. The molecule has 0 amide bonds. The van der Waals surface area contributed by atoms with Crippen LogP contribution in [0.25, 0.3) is 0 Å². The molecule has 0 radical (unpaired) electrons. The van der Waals surface area contributed by atoms with Gasteiger partial charge in [-0.2, -0.15) is 13.2 Å². The van der Waals surface area contributed by atoms with Crippen molar-refractivity contribution < 1.29 is 17.9 Å². The van der Waals surface area contributed by atoms with Gasteiger partial charge in [-0.05, 0) is 36.1 Å². The van der Waals surface area contributed by atoms with Crippen molar-refractivity contribution >= 4 is 15.9 Å². The van der Waals surface area contributed by atoms with Gasteiger partial charge in [-0.1, -0.05) is 77.7 Å². The Kier molecular flexibility index (Phi) is 7.71. The second kappa shape index (κ2) is 9.56. The molecule has 142 valence electrons. The number of ether oxygens (including phenoxy) is 1. The van der Waals surface area contributed by atoms with Crippen LogP contribution in [0.2, 0.25) is 0 Å². The Labute approximate surface area is 161 Å². The summed E-state index contributed by atoms with van der Waals surface area (Å²) in [5.41, 5.74) is 0.539. The van der Waals surface area contributed by atoms with E-state index >= 15 is 0 Å². The topological polar surface area (TPSA) is 9.23 Å². The first-order chi connectivity index (χ1) is 12.4. The number of rotatable bonds is 3. The Morgan fingerprint density at radius 2 is 1.50 bits per heavy atom. The molecule has 1 aliphatic carbocycles. The summed E-state index contributed by atoms with van der Waals surface area (Å²) < 4.78 is 44.2. The lowest BCUT2D eigenvalue weighted by atomic mass is 9.77. The lowest BCUT2D eigenvalue weighted by Gasteiger charge is -2.38. The summed E-state index contributed by atoms with van der Waals surface area (Å²) in [5, 5.41) is 0.400. The van der Waals surface area contributed by atoms with Crippen molar-refractivity contribution in [3.8, 4) is 0 Å². The molecule has 0 saturated heterocycles. The van der Waals surface area contributed by atoms with Gasteiger partial charge in [0.25, 0.3) is 0 Å². The van der Waals surface area contributed by atoms with Crippen LogP contribution < -0.4 is 0 Å². The predicted molar refractivity (Wildman–Crippen MR) is 102 cm³/mol. The number of methoxy groups -OCH3 is 1. The van der Waals surface area contributed by atoms with Crippen molar-refractivity contribution in [1.82, 2.24) is 0 Å². The quantitative estimate of drug-likeness (QED) is 0.473. The van der Waals surface area contributed by atoms with E-state index in [0.29, 0.717) is 10.9 Å². The summed E-state index contributed by atoms with van der Waals surface area (Å²) in [6.45, 7) is 0. The van der Waals surface area contributed by atoms with Crippen molar-refractivity contribution in [3.63, 3.8) is 0 Å². The zero-order valence-corrected chi connectivity index (χ0v) is 16.4. The summed E-state index contributed by atoms with van der Waals surface area (Å²) in [5.74, 6) is 0. The molecule has 0 N–H and O–H groups in total. The Morgan fingerprint density at radius 1 is 0.962 bits per heavy atom. The van der Waals surface area contributed by atoms with E-state index in [-0.39, 0.29) is 0 Å². The van der Waals surface area contributed by atoms with E-state index in [0.717, 1.165) is 43.7 Å². The maximum absolute atomic E-state index is 12.8. The van der Waals surface area contributed by atoms with Crippen molar-refractivity contribution in [2.75, 3.05) is 7.11 Å². The molecule has 1 fully saturated rings. The summed E-state index contributed by atoms with van der Waals surface area (Å²) in [7, 11) is 1.65. The molecule has 26 heavy (non-hydrogen) atoms. The minimum absolute atomic E-state index is 0.400. The standard InChI is InChI=1S/C15H18BrF3O.C6H6/c1-20-14(7-3-2-4-8-14)13-6-5-12(15(17,18)19)9-11(13)10-16;1-2-4-6-5-3-1/h5-6,9H,2-4,7-8,10H2,1H3;1-6H. The fraction of sp³-hybridized carbons (Fsp3) is 0.429. The van der Waals surface area contributed by atoms with Crippen LogP contribution in [-0.2, 0) is 21.8 Å². The van der Waals surface area contributed by atoms with Crippen LogP contribution in [0.3, 0.4) is 0 Å². The molecular weight excluding hydrogens is 405 g/mol. The number of benzene rings is 2. The monoisotopic (exact) mass is 428 g/mol. The van der Waals surface area contributed by atoms with E-state index in [1.807, 2.05) is 36.4 Å². The summed E-state index contributed by atoms with van der Waals surface area (Å²) in [6, 6.07) is 16.0. The highest BCUT2D eigenvalue weighted by Crippen LogP contribution is 2.43. The Balaban J connectivity index is 0.000000342. The molecule has 0 bridgehead atoms. The highest BCUT2D eigenvalue weighted by atomic mass is 79.9. The van der Waals surface area contributed by atoms with E-state index in [1.165, 1.54) is 6.07 Å². The van der Waals surface area contributed by atoms with Crippen molar-refractivity contribution in [2.45, 2.75) is 49.2 Å². The fourth-order valence-corrected chi connectivity index (χ4v) is 3.88. The van der Waals surface area contributed by atoms with Gasteiger partial charge in [0.1, 0.15) is 0 Å². The molecule has 2 aromatic rings. The van der Waals surface area contributed by atoms with Crippen LogP contribution in [0.15, 0.2) is 54.6 Å². The first-order valence-electron chi connectivity index (χ1n) is 8.75. The molecule has 1 saturated carbocycles. The van der Waals surface area contributed by atoms with E-state index in [9.17, 15) is 13.2 Å². The third kappa shape index (κ3) is 5.34. The molecule has 2 aromatic carbocycles. The molecule has 5 heteroatoms. The zero-order chi connectivity index (χ0) is 19.0. The van der Waals surface area contributed by atoms with Gasteiger partial charge >= 0.3 is 6.18 Å². The molecule has 0 unspecified atom stereocenters. The van der Waals surface area contributed by atoms with E-state index in [1.54, 1.807) is 13.2 Å². The number of halogens is 4. The molecule has 1 aliphatic rings. The van der Waals surface area contributed by atoms with E-state index in [2.05, 4.69) is 15.9 Å². The number of hydrogen-bond acceptors (Lipinski definition) is 1. The maximum Gasteiger partial charge on any atom is 0.416 e. The highest BCUT2D eigenvalue weighted by molar-refractivity contribution is 9.08. The van der Waals surface area contributed by atoms with Crippen LogP contribution in [0, 0.1) is 0 Å². The first-order valence-corrected chi connectivity index (χ1v) is 9.87. The lowest BCUT2D eigenvalue weighted by molar-refractivity contribution is -0.137. The van der Waals surface area contributed by atoms with Crippen LogP contribution >= 0.6 is 15.9 Å². The Hall–Kier alpha value is -1.33. The number of alkyl halides is 4. The molecule has 0 spiro atoms. The molecule has 1 nitrogen and oxygen atoms in total.